The normalized spacial score (nSPS) is 17.2. The molecule has 1 aliphatic heterocycles. The van der Waals surface area contributed by atoms with Gasteiger partial charge >= 0.3 is 6.03 Å². The van der Waals surface area contributed by atoms with Crippen LogP contribution in [-0.4, -0.2) is 39.0 Å². The summed E-state index contributed by atoms with van der Waals surface area (Å²) in [4.78, 5) is 16.0. The summed E-state index contributed by atoms with van der Waals surface area (Å²) in [7, 11) is -3.74. The lowest BCUT2D eigenvalue weighted by atomic mass is 9.97. The number of nitrogens with zero attached hydrogens (tertiary/aromatic N) is 1. The lowest BCUT2D eigenvalue weighted by molar-refractivity contribution is 0.138. The molecular formula is C19H26N4O3S2. The number of anilines is 1. The fourth-order valence-electron chi connectivity index (χ4n) is 3.32. The molecule has 7 nitrogen and oxygen atoms in total. The van der Waals surface area contributed by atoms with Gasteiger partial charge in [0.2, 0.25) is 10.0 Å². The van der Waals surface area contributed by atoms with Crippen LogP contribution in [0.15, 0.2) is 46.7 Å². The minimum Gasteiger partial charge on any atom is -0.336 e. The van der Waals surface area contributed by atoms with Crippen molar-refractivity contribution < 1.29 is 13.2 Å². The molecule has 1 fully saturated rings. The second kappa shape index (κ2) is 9.04. The zero-order valence-corrected chi connectivity index (χ0v) is 17.4. The van der Waals surface area contributed by atoms with Crippen molar-refractivity contribution in [1.82, 2.24) is 10.2 Å². The number of likely N-dealkylation sites (tertiary alicyclic amines) is 1. The average molecular weight is 423 g/mol. The molecular weight excluding hydrogens is 396 g/mol. The van der Waals surface area contributed by atoms with Crippen molar-refractivity contribution in [3.05, 3.63) is 46.7 Å². The fourth-order valence-corrected chi connectivity index (χ4v) is 4.70. The van der Waals surface area contributed by atoms with Crippen LogP contribution in [0.2, 0.25) is 0 Å². The van der Waals surface area contributed by atoms with Gasteiger partial charge in [-0.15, -0.1) is 11.3 Å². The monoisotopic (exact) mass is 422 g/mol. The zero-order valence-electron chi connectivity index (χ0n) is 15.8. The molecule has 28 heavy (non-hydrogen) atoms. The Bertz CT molecular complexity index is 874. The molecule has 3 rings (SSSR count). The summed E-state index contributed by atoms with van der Waals surface area (Å²) in [6.45, 7) is 4.85. The van der Waals surface area contributed by atoms with Gasteiger partial charge < -0.3 is 10.6 Å². The predicted octanol–water partition coefficient (Wildman–Crippen LogP) is 2.99. The maximum atomic E-state index is 12.3. The molecule has 1 aromatic heterocycles. The fraction of sp³-hybridized carbons (Fsp3) is 0.421. The lowest BCUT2D eigenvalue weighted by Gasteiger charge is -2.36. The molecule has 152 valence electrons. The van der Waals surface area contributed by atoms with E-state index < -0.39 is 10.0 Å². The molecule has 4 N–H and O–H groups in total. The molecule has 0 bridgehead atoms. The minimum absolute atomic E-state index is 0.00976. The standard InChI is InChI=1S/C19H26N4O3S2/c1-14-8-10-23(11-9-14)17(18-3-2-12-27-18)13-21-19(24)22-15-4-6-16(7-5-15)28(20,25)26/h2-7,12,14,17H,8-11,13H2,1H3,(H2,20,25,26)(H2,21,22,24). The van der Waals surface area contributed by atoms with Gasteiger partial charge in [0.05, 0.1) is 10.9 Å². The van der Waals surface area contributed by atoms with Crippen LogP contribution in [0.1, 0.15) is 30.7 Å². The van der Waals surface area contributed by atoms with Crippen molar-refractivity contribution in [2.24, 2.45) is 11.1 Å². The Balaban J connectivity index is 1.59. The first kappa shape index (κ1) is 20.8. The summed E-state index contributed by atoms with van der Waals surface area (Å²) < 4.78 is 22.6. The number of carbonyl (C=O) groups excluding carboxylic acids is 1. The first-order valence-corrected chi connectivity index (χ1v) is 11.7. The van der Waals surface area contributed by atoms with Crippen LogP contribution < -0.4 is 15.8 Å². The zero-order chi connectivity index (χ0) is 20.1. The second-order valence-electron chi connectivity index (χ2n) is 7.15. The van der Waals surface area contributed by atoms with E-state index in [9.17, 15) is 13.2 Å². The summed E-state index contributed by atoms with van der Waals surface area (Å²) in [5, 5.41) is 12.8. The third-order valence-corrected chi connectivity index (χ3v) is 6.93. The van der Waals surface area contributed by atoms with Crippen molar-refractivity contribution in [3.63, 3.8) is 0 Å². The van der Waals surface area contributed by atoms with E-state index in [0.29, 0.717) is 12.2 Å². The van der Waals surface area contributed by atoms with Crippen LogP contribution in [0.5, 0.6) is 0 Å². The number of urea groups is 1. The number of hydrogen-bond acceptors (Lipinski definition) is 5. The highest BCUT2D eigenvalue weighted by molar-refractivity contribution is 7.89. The highest BCUT2D eigenvalue weighted by atomic mass is 32.2. The van der Waals surface area contributed by atoms with Crippen LogP contribution in [0.3, 0.4) is 0 Å². The molecule has 2 amide bonds. The Kier molecular flexibility index (Phi) is 6.71. The largest absolute Gasteiger partial charge is 0.336 e. The van der Waals surface area contributed by atoms with Gasteiger partial charge in [0.1, 0.15) is 0 Å². The Morgan fingerprint density at radius 1 is 1.25 bits per heavy atom. The molecule has 0 spiro atoms. The lowest BCUT2D eigenvalue weighted by Crippen LogP contribution is -2.42. The van der Waals surface area contributed by atoms with Crippen molar-refractivity contribution in [3.8, 4) is 0 Å². The highest BCUT2D eigenvalue weighted by Crippen LogP contribution is 2.29. The SMILES string of the molecule is CC1CCN(C(CNC(=O)Nc2ccc(S(N)(=O)=O)cc2)c2cccs2)CC1. The molecule has 0 aliphatic carbocycles. The van der Waals surface area contributed by atoms with Gasteiger partial charge in [0.15, 0.2) is 0 Å². The van der Waals surface area contributed by atoms with E-state index in [0.717, 1.165) is 19.0 Å². The van der Waals surface area contributed by atoms with Crippen molar-refractivity contribution >= 4 is 33.1 Å². The summed E-state index contributed by atoms with van der Waals surface area (Å²) in [6.07, 6.45) is 2.34. The molecule has 0 radical (unpaired) electrons. The number of nitrogens with one attached hydrogen (secondary N) is 2. The van der Waals surface area contributed by atoms with Crippen molar-refractivity contribution in [1.29, 1.82) is 0 Å². The van der Waals surface area contributed by atoms with Gasteiger partial charge in [-0.25, -0.2) is 18.4 Å². The number of hydrogen-bond donors (Lipinski definition) is 3. The van der Waals surface area contributed by atoms with Gasteiger partial charge in [-0.2, -0.15) is 0 Å². The van der Waals surface area contributed by atoms with Crippen LogP contribution >= 0.6 is 11.3 Å². The minimum atomic E-state index is -3.74. The number of piperidine rings is 1. The maximum Gasteiger partial charge on any atom is 0.319 e. The van der Waals surface area contributed by atoms with E-state index in [1.165, 1.54) is 42.0 Å². The number of rotatable bonds is 6. The first-order chi connectivity index (χ1) is 13.3. The number of nitrogens with two attached hydrogens (primary N) is 1. The Hall–Kier alpha value is -1.94. The van der Waals surface area contributed by atoms with Gasteiger partial charge in [-0.1, -0.05) is 13.0 Å². The number of benzene rings is 1. The molecule has 1 atom stereocenters. The van der Waals surface area contributed by atoms with E-state index in [-0.39, 0.29) is 17.0 Å². The molecule has 9 heteroatoms. The van der Waals surface area contributed by atoms with Gasteiger partial charge in [-0.3, -0.25) is 4.90 Å². The Morgan fingerprint density at radius 2 is 1.93 bits per heavy atom. The van der Waals surface area contributed by atoms with Crippen LogP contribution in [0.4, 0.5) is 10.5 Å². The number of sulfonamides is 1. The predicted molar refractivity (Wildman–Crippen MR) is 112 cm³/mol. The van der Waals surface area contributed by atoms with Gasteiger partial charge in [-0.05, 0) is 67.6 Å². The Morgan fingerprint density at radius 3 is 2.50 bits per heavy atom. The van der Waals surface area contributed by atoms with E-state index in [4.69, 9.17) is 5.14 Å². The number of carbonyl (C=O) groups is 1. The molecule has 0 saturated carbocycles. The molecule has 1 aliphatic rings. The summed E-state index contributed by atoms with van der Waals surface area (Å²) >= 11 is 1.70. The summed E-state index contributed by atoms with van der Waals surface area (Å²) in [5.74, 6) is 0.747. The molecule has 1 unspecified atom stereocenters. The summed E-state index contributed by atoms with van der Waals surface area (Å²) in [5.41, 5.74) is 0.504. The third kappa shape index (κ3) is 5.54. The first-order valence-electron chi connectivity index (χ1n) is 9.28. The average Bonchev–Trinajstić information content (AvgIpc) is 3.17. The van der Waals surface area contributed by atoms with Crippen molar-refractivity contribution in [2.45, 2.75) is 30.7 Å². The van der Waals surface area contributed by atoms with E-state index in [1.807, 2.05) is 6.07 Å². The Labute approximate surface area is 170 Å². The van der Waals surface area contributed by atoms with Gasteiger partial charge in [0.25, 0.3) is 0 Å². The smallest absolute Gasteiger partial charge is 0.319 e. The number of thiophene rings is 1. The molecule has 2 heterocycles. The van der Waals surface area contributed by atoms with Crippen molar-refractivity contribution in [2.75, 3.05) is 25.0 Å². The van der Waals surface area contributed by atoms with E-state index in [1.54, 1.807) is 11.3 Å². The number of primary sulfonamides is 1. The van der Waals surface area contributed by atoms with E-state index >= 15 is 0 Å². The third-order valence-electron chi connectivity index (χ3n) is 5.03. The van der Waals surface area contributed by atoms with Crippen LogP contribution in [0, 0.1) is 5.92 Å². The second-order valence-corrected chi connectivity index (χ2v) is 9.69. The highest BCUT2D eigenvalue weighted by Gasteiger charge is 2.25. The topological polar surface area (TPSA) is 105 Å². The molecule has 2 aromatic rings. The number of amides is 2. The molecule has 1 aromatic carbocycles. The molecule has 1 saturated heterocycles. The van der Waals surface area contributed by atoms with Crippen LogP contribution in [0.25, 0.3) is 0 Å². The quantitative estimate of drug-likeness (QED) is 0.665. The maximum absolute atomic E-state index is 12.3. The van der Waals surface area contributed by atoms with Crippen LogP contribution in [-0.2, 0) is 10.0 Å². The van der Waals surface area contributed by atoms with Gasteiger partial charge in [0, 0.05) is 17.1 Å². The summed E-state index contributed by atoms with van der Waals surface area (Å²) in [6, 6.07) is 9.75. The van der Waals surface area contributed by atoms with E-state index in [2.05, 4.69) is 33.9 Å².